The van der Waals surface area contributed by atoms with Gasteiger partial charge in [-0.1, -0.05) is 11.2 Å². The molecule has 1 aliphatic heterocycles. The summed E-state index contributed by atoms with van der Waals surface area (Å²) >= 11 is 0. The maximum atomic E-state index is 6.14. The fourth-order valence-corrected chi connectivity index (χ4v) is 4.05. The summed E-state index contributed by atoms with van der Waals surface area (Å²) in [4.78, 5) is 15.4. The Kier molecular flexibility index (Phi) is 6.39. The summed E-state index contributed by atoms with van der Waals surface area (Å²) < 4.78 is 11.6. The molecule has 1 aliphatic rings. The van der Waals surface area contributed by atoms with Gasteiger partial charge < -0.3 is 9.26 Å². The standard InChI is InChI=1S/C26H27N5O2/c1-19-5-6-23(16-28-19)25-29-26(33-30-25)22-3-2-4-24(15-22)32-18-21-9-13-31(14-10-21)17-20-7-11-27-12-8-20/h2-8,11-12,15-16,21H,9-10,13-14,17-18H2,1H3. The van der Waals surface area contributed by atoms with Gasteiger partial charge in [0.1, 0.15) is 5.75 Å². The highest BCUT2D eigenvalue weighted by atomic mass is 16.5. The number of ether oxygens (including phenoxy) is 1. The van der Waals surface area contributed by atoms with Gasteiger partial charge in [0.15, 0.2) is 0 Å². The molecule has 3 aromatic heterocycles. The smallest absolute Gasteiger partial charge is 0.258 e. The average Bonchev–Trinajstić information content (AvgIpc) is 3.35. The molecule has 0 spiro atoms. The number of benzene rings is 1. The van der Waals surface area contributed by atoms with E-state index in [1.54, 1.807) is 6.20 Å². The van der Waals surface area contributed by atoms with Gasteiger partial charge in [-0.05, 0) is 86.8 Å². The zero-order valence-electron chi connectivity index (χ0n) is 18.7. The summed E-state index contributed by atoms with van der Waals surface area (Å²) in [6.07, 6.45) is 7.76. The second-order valence-electron chi connectivity index (χ2n) is 8.53. The first-order valence-electron chi connectivity index (χ1n) is 11.3. The second kappa shape index (κ2) is 9.92. The van der Waals surface area contributed by atoms with E-state index in [4.69, 9.17) is 9.26 Å². The average molecular weight is 442 g/mol. The Hall–Kier alpha value is -3.58. The van der Waals surface area contributed by atoms with Crippen molar-refractivity contribution in [2.24, 2.45) is 5.92 Å². The Morgan fingerprint density at radius 3 is 2.67 bits per heavy atom. The largest absolute Gasteiger partial charge is 0.493 e. The van der Waals surface area contributed by atoms with Crippen LogP contribution in [0.1, 0.15) is 24.1 Å². The first kappa shape index (κ1) is 21.3. The summed E-state index contributed by atoms with van der Waals surface area (Å²) in [5.41, 5.74) is 3.95. The molecule has 1 fully saturated rings. The molecule has 0 unspecified atom stereocenters. The third-order valence-corrected chi connectivity index (χ3v) is 6.02. The van der Waals surface area contributed by atoms with Crippen molar-refractivity contribution in [1.29, 1.82) is 0 Å². The molecule has 7 heteroatoms. The molecular formula is C26H27N5O2. The fraction of sp³-hybridized carbons (Fsp3) is 0.308. The third kappa shape index (κ3) is 5.43. The maximum absolute atomic E-state index is 6.14. The van der Waals surface area contributed by atoms with Gasteiger partial charge in [0.05, 0.1) is 6.61 Å². The summed E-state index contributed by atoms with van der Waals surface area (Å²) in [7, 11) is 0. The number of pyridine rings is 2. The Morgan fingerprint density at radius 1 is 1.03 bits per heavy atom. The van der Waals surface area contributed by atoms with E-state index in [-0.39, 0.29) is 0 Å². The minimum Gasteiger partial charge on any atom is -0.493 e. The molecule has 0 aliphatic carbocycles. The quantitative estimate of drug-likeness (QED) is 0.408. The van der Waals surface area contributed by atoms with Crippen molar-refractivity contribution in [2.45, 2.75) is 26.3 Å². The Labute approximate surface area is 193 Å². The zero-order valence-corrected chi connectivity index (χ0v) is 18.7. The Bertz CT molecular complexity index is 1170. The van der Waals surface area contributed by atoms with Crippen LogP contribution < -0.4 is 4.74 Å². The minimum absolute atomic E-state index is 0.473. The fourth-order valence-electron chi connectivity index (χ4n) is 4.05. The van der Waals surface area contributed by atoms with Gasteiger partial charge in [-0.2, -0.15) is 4.98 Å². The molecule has 0 radical (unpaired) electrons. The van der Waals surface area contributed by atoms with Crippen molar-refractivity contribution < 1.29 is 9.26 Å². The molecule has 0 amide bonds. The monoisotopic (exact) mass is 441 g/mol. The van der Waals surface area contributed by atoms with Gasteiger partial charge in [-0.3, -0.25) is 14.9 Å². The van der Waals surface area contributed by atoms with Crippen molar-refractivity contribution >= 4 is 0 Å². The van der Waals surface area contributed by atoms with E-state index in [1.807, 2.05) is 55.7 Å². The molecule has 0 N–H and O–H groups in total. The van der Waals surface area contributed by atoms with E-state index in [0.717, 1.165) is 61.7 Å². The summed E-state index contributed by atoms with van der Waals surface area (Å²) in [6, 6.07) is 15.9. The van der Waals surface area contributed by atoms with Gasteiger partial charge in [-0.15, -0.1) is 0 Å². The molecular weight excluding hydrogens is 414 g/mol. The van der Waals surface area contributed by atoms with Crippen LogP contribution in [0.2, 0.25) is 0 Å². The van der Waals surface area contributed by atoms with E-state index in [0.29, 0.717) is 17.6 Å². The van der Waals surface area contributed by atoms with Crippen LogP contribution in [-0.4, -0.2) is 44.7 Å². The van der Waals surface area contributed by atoms with E-state index >= 15 is 0 Å². The second-order valence-corrected chi connectivity index (χ2v) is 8.53. The molecule has 168 valence electrons. The van der Waals surface area contributed by atoms with Gasteiger partial charge in [-0.25, -0.2) is 0 Å². The molecule has 0 atom stereocenters. The summed E-state index contributed by atoms with van der Waals surface area (Å²) in [6.45, 7) is 5.84. The van der Waals surface area contributed by atoms with Crippen LogP contribution in [-0.2, 0) is 6.54 Å². The molecule has 1 aromatic carbocycles. The SMILES string of the molecule is Cc1ccc(-c2noc(-c3cccc(OCC4CCN(Cc5ccncc5)CC4)c3)n2)cn1. The number of aryl methyl sites for hydroxylation is 1. The van der Waals surface area contributed by atoms with Crippen LogP contribution in [0.3, 0.4) is 0 Å². The number of likely N-dealkylation sites (tertiary alicyclic amines) is 1. The highest BCUT2D eigenvalue weighted by Gasteiger charge is 2.20. The van der Waals surface area contributed by atoms with E-state index in [2.05, 4.69) is 37.1 Å². The molecule has 0 saturated carbocycles. The number of piperidine rings is 1. The lowest BCUT2D eigenvalue weighted by Gasteiger charge is -2.31. The van der Waals surface area contributed by atoms with Crippen LogP contribution in [0, 0.1) is 12.8 Å². The van der Waals surface area contributed by atoms with Crippen LogP contribution in [0.15, 0.2) is 71.6 Å². The van der Waals surface area contributed by atoms with E-state index < -0.39 is 0 Å². The molecule has 5 rings (SSSR count). The van der Waals surface area contributed by atoms with Crippen molar-refractivity contribution in [1.82, 2.24) is 25.0 Å². The first-order chi connectivity index (χ1) is 16.2. The van der Waals surface area contributed by atoms with E-state index in [9.17, 15) is 0 Å². The normalized spacial score (nSPS) is 14.9. The van der Waals surface area contributed by atoms with Crippen LogP contribution in [0.25, 0.3) is 22.8 Å². The lowest BCUT2D eigenvalue weighted by atomic mass is 9.97. The predicted molar refractivity (Wildman–Crippen MR) is 125 cm³/mol. The topological polar surface area (TPSA) is 77.2 Å². The van der Waals surface area contributed by atoms with Gasteiger partial charge in [0.25, 0.3) is 5.89 Å². The lowest BCUT2D eigenvalue weighted by molar-refractivity contribution is 0.136. The summed E-state index contributed by atoms with van der Waals surface area (Å²) in [5.74, 6) is 2.39. The number of nitrogens with zero attached hydrogens (tertiary/aromatic N) is 5. The zero-order chi connectivity index (χ0) is 22.5. The highest BCUT2D eigenvalue weighted by molar-refractivity contribution is 5.60. The predicted octanol–water partition coefficient (Wildman–Crippen LogP) is 4.79. The number of rotatable bonds is 7. The summed E-state index contributed by atoms with van der Waals surface area (Å²) in [5, 5.41) is 4.10. The third-order valence-electron chi connectivity index (χ3n) is 6.02. The van der Waals surface area contributed by atoms with Crippen molar-refractivity contribution in [3.63, 3.8) is 0 Å². The van der Waals surface area contributed by atoms with Gasteiger partial charge >= 0.3 is 0 Å². The highest BCUT2D eigenvalue weighted by Crippen LogP contribution is 2.26. The number of aromatic nitrogens is 4. The molecule has 7 nitrogen and oxygen atoms in total. The number of hydrogen-bond acceptors (Lipinski definition) is 7. The first-order valence-corrected chi connectivity index (χ1v) is 11.3. The Balaban J connectivity index is 1.15. The van der Waals surface area contributed by atoms with Gasteiger partial charge in [0.2, 0.25) is 5.82 Å². The van der Waals surface area contributed by atoms with E-state index in [1.165, 1.54) is 5.56 Å². The van der Waals surface area contributed by atoms with Crippen molar-refractivity contribution in [3.8, 4) is 28.6 Å². The molecule has 33 heavy (non-hydrogen) atoms. The van der Waals surface area contributed by atoms with Crippen molar-refractivity contribution in [2.75, 3.05) is 19.7 Å². The lowest BCUT2D eigenvalue weighted by Crippen LogP contribution is -2.35. The Morgan fingerprint density at radius 2 is 1.88 bits per heavy atom. The van der Waals surface area contributed by atoms with Gasteiger partial charge in [0, 0.05) is 42.0 Å². The molecule has 0 bridgehead atoms. The molecule has 4 aromatic rings. The number of hydrogen-bond donors (Lipinski definition) is 0. The van der Waals surface area contributed by atoms with Crippen LogP contribution in [0.4, 0.5) is 0 Å². The van der Waals surface area contributed by atoms with Crippen LogP contribution >= 0.6 is 0 Å². The molecule has 1 saturated heterocycles. The minimum atomic E-state index is 0.473. The maximum Gasteiger partial charge on any atom is 0.258 e. The van der Waals surface area contributed by atoms with Crippen LogP contribution in [0.5, 0.6) is 5.75 Å². The molecule has 4 heterocycles. The van der Waals surface area contributed by atoms with Crippen molar-refractivity contribution in [3.05, 3.63) is 78.4 Å².